The van der Waals surface area contributed by atoms with Gasteiger partial charge in [-0.2, -0.15) is 0 Å². The Hall–Kier alpha value is -2.93. The molecule has 0 nitrogen and oxygen atoms in total. The van der Waals surface area contributed by atoms with Crippen LogP contribution in [0.1, 0.15) is 5.46 Å². The van der Waals surface area contributed by atoms with Gasteiger partial charge in [-0.1, -0.05) is 0 Å². The van der Waals surface area contributed by atoms with Gasteiger partial charge >= 0.3 is 150 Å². The van der Waals surface area contributed by atoms with Gasteiger partial charge in [0.1, 0.15) is 0 Å². The first-order valence-electron chi connectivity index (χ1n) is 8.64. The fourth-order valence-electron chi connectivity index (χ4n) is 3.39. The number of hydrogen-bond acceptors (Lipinski definition) is 0. The number of aryl methyl sites for hydroxylation is 1. The van der Waals surface area contributed by atoms with Crippen LogP contribution in [-0.2, 0) is 0 Å². The molecule has 0 aliphatic rings. The quantitative estimate of drug-likeness (QED) is 0.414. The molecule has 4 rings (SSSR count). The zero-order valence-electron chi connectivity index (χ0n) is 14.3. The molecule has 0 atom stereocenters. The summed E-state index contributed by atoms with van der Waals surface area (Å²) in [6.45, 7) is 4.47. The molecule has 0 N–H and O–H groups in total. The van der Waals surface area contributed by atoms with Crippen molar-refractivity contribution in [1.82, 2.24) is 0 Å². The standard InChI is InChI=1S/C24H19B/c1-18-17-22(19-11-5-2-6-12-19)23(20-13-7-3-8-14-20)24(25-18)21-15-9-4-10-16-21/h2-17H,1H3. The average molecular weight is 318 g/mol. The predicted octanol–water partition coefficient (Wildman–Crippen LogP) is 6.33. The van der Waals surface area contributed by atoms with E-state index in [4.69, 9.17) is 0 Å². The minimum absolute atomic E-state index is 1.25. The third-order valence-electron chi connectivity index (χ3n) is 4.51. The van der Waals surface area contributed by atoms with Gasteiger partial charge in [-0.05, 0) is 0 Å². The SMILES string of the molecule is Cc1bc(-c2ccccc2)c(-c2ccccc2)c(-c2ccccc2)c1. The van der Waals surface area contributed by atoms with Gasteiger partial charge in [0.15, 0.2) is 0 Å². The molecule has 0 saturated carbocycles. The third-order valence-corrected chi connectivity index (χ3v) is 4.51. The molecule has 3 aromatic carbocycles. The van der Waals surface area contributed by atoms with Crippen molar-refractivity contribution in [3.05, 3.63) is 103 Å². The van der Waals surface area contributed by atoms with Gasteiger partial charge in [0.05, 0.1) is 0 Å². The summed E-state index contributed by atoms with van der Waals surface area (Å²) >= 11 is 0. The van der Waals surface area contributed by atoms with Crippen LogP contribution in [0.3, 0.4) is 0 Å². The molecule has 0 saturated heterocycles. The summed E-state index contributed by atoms with van der Waals surface area (Å²) in [5.41, 5.74) is 8.89. The average Bonchev–Trinajstić information content (AvgIpc) is 2.69. The second-order valence-corrected chi connectivity index (χ2v) is 6.33. The van der Waals surface area contributed by atoms with Crippen LogP contribution < -0.4 is 0 Å². The van der Waals surface area contributed by atoms with Gasteiger partial charge in [0.25, 0.3) is 0 Å². The number of benzene rings is 3. The van der Waals surface area contributed by atoms with E-state index in [9.17, 15) is 0 Å². The molecule has 1 heterocycles. The Morgan fingerprint density at radius 1 is 0.560 bits per heavy atom. The zero-order chi connectivity index (χ0) is 17.1. The van der Waals surface area contributed by atoms with Crippen molar-refractivity contribution in [3.8, 4) is 33.3 Å². The van der Waals surface area contributed by atoms with E-state index in [2.05, 4.69) is 111 Å². The van der Waals surface area contributed by atoms with E-state index < -0.39 is 0 Å². The molecule has 118 valence electrons. The van der Waals surface area contributed by atoms with E-state index in [-0.39, 0.29) is 0 Å². The fourth-order valence-corrected chi connectivity index (χ4v) is 3.39. The Bertz CT molecular complexity index is 914. The normalized spacial score (nSPS) is 10.4. The molecule has 1 heteroatoms. The van der Waals surface area contributed by atoms with E-state index in [1.54, 1.807) is 0 Å². The topological polar surface area (TPSA) is 0 Å². The summed E-state index contributed by atoms with van der Waals surface area (Å²) in [6.07, 6.45) is 0. The van der Waals surface area contributed by atoms with E-state index in [1.807, 2.05) is 0 Å². The first-order valence-corrected chi connectivity index (χ1v) is 8.64. The van der Waals surface area contributed by atoms with Crippen molar-refractivity contribution in [3.63, 3.8) is 0 Å². The second-order valence-electron chi connectivity index (χ2n) is 6.33. The van der Waals surface area contributed by atoms with E-state index in [1.165, 1.54) is 38.7 Å². The van der Waals surface area contributed by atoms with Crippen molar-refractivity contribution in [2.45, 2.75) is 6.92 Å². The molecule has 0 aliphatic carbocycles. The molecule has 0 amide bonds. The zero-order valence-corrected chi connectivity index (χ0v) is 14.3. The summed E-state index contributed by atoms with van der Waals surface area (Å²) in [5, 5.41) is 0. The maximum absolute atomic E-state index is 2.30. The first kappa shape index (κ1) is 15.6. The van der Waals surface area contributed by atoms with Crippen molar-refractivity contribution in [2.75, 3.05) is 0 Å². The summed E-state index contributed by atoms with van der Waals surface area (Å²) in [7, 11) is 0. The van der Waals surface area contributed by atoms with Crippen LogP contribution in [0.25, 0.3) is 33.3 Å². The van der Waals surface area contributed by atoms with Crippen molar-refractivity contribution < 1.29 is 0 Å². The summed E-state index contributed by atoms with van der Waals surface area (Å²) in [6, 6.07) is 34.3. The number of rotatable bonds is 3. The van der Waals surface area contributed by atoms with Crippen LogP contribution in [-0.4, -0.2) is 6.91 Å². The van der Waals surface area contributed by atoms with Crippen LogP contribution in [0.15, 0.2) is 97.1 Å². The third kappa shape index (κ3) is 3.18. The monoisotopic (exact) mass is 318 g/mol. The van der Waals surface area contributed by atoms with Crippen LogP contribution in [0.5, 0.6) is 0 Å². The van der Waals surface area contributed by atoms with Crippen LogP contribution >= 0.6 is 0 Å². The van der Waals surface area contributed by atoms with Crippen LogP contribution in [0, 0.1) is 6.92 Å². The molecule has 0 bridgehead atoms. The number of hydrogen-bond donors (Lipinski definition) is 0. The van der Waals surface area contributed by atoms with Crippen LogP contribution in [0.2, 0.25) is 0 Å². The molecule has 0 radical (unpaired) electrons. The first-order chi connectivity index (χ1) is 12.3. The molecule has 4 aromatic rings. The van der Waals surface area contributed by atoms with E-state index in [0.717, 1.165) is 0 Å². The van der Waals surface area contributed by atoms with E-state index >= 15 is 0 Å². The molecule has 0 spiro atoms. The Morgan fingerprint density at radius 2 is 1.04 bits per heavy atom. The van der Waals surface area contributed by atoms with Gasteiger partial charge < -0.3 is 0 Å². The summed E-state index contributed by atoms with van der Waals surface area (Å²) in [4.78, 5) is 0. The molecule has 25 heavy (non-hydrogen) atoms. The van der Waals surface area contributed by atoms with Crippen LogP contribution in [0.4, 0.5) is 0 Å². The molecule has 0 aliphatic heterocycles. The molecule has 1 aromatic heterocycles. The Kier molecular flexibility index (Phi) is 4.31. The molecule has 0 unspecified atom stereocenters. The van der Waals surface area contributed by atoms with Gasteiger partial charge in [-0.25, -0.2) is 0 Å². The van der Waals surface area contributed by atoms with E-state index in [0.29, 0.717) is 0 Å². The van der Waals surface area contributed by atoms with Crippen molar-refractivity contribution in [1.29, 1.82) is 0 Å². The summed E-state index contributed by atoms with van der Waals surface area (Å²) < 4.78 is 0. The Balaban J connectivity index is 2.07. The molecule has 0 fully saturated rings. The molecular formula is C24H19B. The minimum atomic E-state index is 1.25. The summed E-state index contributed by atoms with van der Waals surface area (Å²) in [5.74, 6) is 0. The predicted molar refractivity (Wildman–Crippen MR) is 109 cm³/mol. The van der Waals surface area contributed by atoms with Crippen molar-refractivity contribution in [2.24, 2.45) is 0 Å². The van der Waals surface area contributed by atoms with Gasteiger partial charge in [0.2, 0.25) is 0 Å². The van der Waals surface area contributed by atoms with Gasteiger partial charge in [-0.15, -0.1) is 0 Å². The fraction of sp³-hybridized carbons (Fsp3) is 0.0417. The Labute approximate surface area is 150 Å². The second kappa shape index (κ2) is 6.90. The van der Waals surface area contributed by atoms with Gasteiger partial charge in [-0.3, -0.25) is 0 Å². The Morgan fingerprint density at radius 3 is 1.60 bits per heavy atom. The van der Waals surface area contributed by atoms with Gasteiger partial charge in [0, 0.05) is 0 Å². The van der Waals surface area contributed by atoms with Crippen molar-refractivity contribution >= 4 is 6.91 Å². The maximum atomic E-state index is 2.30. The molecular weight excluding hydrogens is 299 g/mol.